The number of benzene rings is 3. The first-order valence-corrected chi connectivity index (χ1v) is 11.4. The Hall–Kier alpha value is -3.65. The molecule has 0 saturated heterocycles. The van der Waals surface area contributed by atoms with Crippen LogP contribution in [-0.2, 0) is 16.2 Å². The maximum Gasteiger partial charge on any atom is 0.252 e. The molecule has 1 unspecified atom stereocenters. The lowest BCUT2D eigenvalue weighted by atomic mass is 10.1. The summed E-state index contributed by atoms with van der Waals surface area (Å²) in [5.41, 5.74) is 6.01. The van der Waals surface area contributed by atoms with E-state index < -0.39 is 17.7 Å². The predicted octanol–water partition coefficient (Wildman–Crippen LogP) is 5.07. The molecule has 1 atom stereocenters. The molecule has 2 amide bonds. The van der Waals surface area contributed by atoms with Crippen LogP contribution < -0.4 is 20.2 Å². The summed E-state index contributed by atoms with van der Waals surface area (Å²) in [5.74, 6) is -0.500. The Balaban J connectivity index is 1.50. The molecule has 0 heterocycles. The van der Waals surface area contributed by atoms with E-state index >= 15 is 0 Å². The highest BCUT2D eigenvalue weighted by molar-refractivity contribution is 9.10. The third-order valence-corrected chi connectivity index (χ3v) is 5.62. The fourth-order valence-corrected chi connectivity index (χ4v) is 3.38. The number of nitrogens with zero attached hydrogens (tertiary/aromatic N) is 1. The van der Waals surface area contributed by atoms with E-state index in [4.69, 9.17) is 9.47 Å². The van der Waals surface area contributed by atoms with E-state index in [-0.39, 0.29) is 0 Å². The normalized spacial score (nSPS) is 11.6. The fourth-order valence-electron chi connectivity index (χ4n) is 2.87. The average molecular weight is 524 g/mol. The van der Waals surface area contributed by atoms with Crippen molar-refractivity contribution in [3.8, 4) is 11.5 Å². The molecule has 3 aromatic rings. The summed E-state index contributed by atoms with van der Waals surface area (Å²) in [4.78, 5) is 24.6. The van der Waals surface area contributed by atoms with Gasteiger partial charge in [-0.05, 0) is 83.4 Å². The van der Waals surface area contributed by atoms with Crippen molar-refractivity contribution >= 4 is 39.6 Å². The lowest BCUT2D eigenvalue weighted by Crippen LogP contribution is -2.34. The number of anilines is 1. The van der Waals surface area contributed by atoms with Crippen LogP contribution in [0.5, 0.6) is 11.5 Å². The van der Waals surface area contributed by atoms with E-state index in [2.05, 4.69) is 31.8 Å². The largest absolute Gasteiger partial charge is 0.497 e. The topological polar surface area (TPSA) is 89.0 Å². The van der Waals surface area contributed by atoms with Crippen LogP contribution in [0.3, 0.4) is 0 Å². The predicted molar refractivity (Wildman–Crippen MR) is 136 cm³/mol. The van der Waals surface area contributed by atoms with Crippen LogP contribution in [0.4, 0.5) is 5.69 Å². The van der Waals surface area contributed by atoms with Crippen molar-refractivity contribution in [2.24, 2.45) is 11.0 Å². The van der Waals surface area contributed by atoms with Crippen molar-refractivity contribution in [3.63, 3.8) is 0 Å². The first kappa shape index (κ1) is 25.0. The van der Waals surface area contributed by atoms with Crippen LogP contribution in [0.2, 0.25) is 0 Å². The molecule has 0 saturated carbocycles. The molecule has 34 heavy (non-hydrogen) atoms. The average Bonchev–Trinajstić information content (AvgIpc) is 2.84. The van der Waals surface area contributed by atoms with Gasteiger partial charge in [-0.15, -0.1) is 0 Å². The van der Waals surface area contributed by atoms with E-state index in [0.717, 1.165) is 15.6 Å². The van der Waals surface area contributed by atoms with Crippen molar-refractivity contribution in [2.75, 3.05) is 12.4 Å². The molecule has 0 aliphatic carbocycles. The van der Waals surface area contributed by atoms with Crippen molar-refractivity contribution in [1.82, 2.24) is 5.43 Å². The van der Waals surface area contributed by atoms with Gasteiger partial charge in [-0.1, -0.05) is 29.8 Å². The zero-order valence-electron chi connectivity index (χ0n) is 19.2. The second kappa shape index (κ2) is 12.0. The molecule has 3 aromatic carbocycles. The monoisotopic (exact) mass is 523 g/mol. The second-order valence-electron chi connectivity index (χ2n) is 7.64. The minimum Gasteiger partial charge on any atom is -0.497 e. The minimum absolute atomic E-state index is 0.435. The molecule has 176 valence electrons. The Morgan fingerprint density at radius 1 is 1.03 bits per heavy atom. The second-order valence-corrected chi connectivity index (χ2v) is 8.49. The number of carbonyl (C=O) groups excluding carboxylic acids is 2. The van der Waals surface area contributed by atoms with Crippen LogP contribution in [-0.4, -0.2) is 25.1 Å². The summed E-state index contributed by atoms with van der Waals surface area (Å²) in [7, 11) is 1.56. The summed E-state index contributed by atoms with van der Waals surface area (Å²) >= 11 is 3.50. The summed E-state index contributed by atoms with van der Waals surface area (Å²) in [6.45, 7) is 4.02. The van der Waals surface area contributed by atoms with E-state index in [1.54, 1.807) is 31.4 Å². The fraction of sp³-hybridized carbons (Fsp3) is 0.192. The number of rotatable bonds is 9. The number of hydrazone groups is 1. The van der Waals surface area contributed by atoms with Crippen LogP contribution in [0, 0.1) is 12.8 Å². The van der Waals surface area contributed by atoms with E-state index in [0.29, 0.717) is 23.8 Å². The van der Waals surface area contributed by atoms with Gasteiger partial charge in [-0.3, -0.25) is 9.59 Å². The lowest BCUT2D eigenvalue weighted by molar-refractivity contribution is -0.131. The third kappa shape index (κ3) is 7.18. The SMILES string of the molecule is COc1ccc(NC(=O)C(C)C(=O)NN=Cc2ccc(OCc3ccc(C)cc3)c(Br)c2)cc1. The molecule has 0 radical (unpaired) electrons. The van der Waals surface area contributed by atoms with Crippen molar-refractivity contribution in [1.29, 1.82) is 0 Å². The summed E-state index contributed by atoms with van der Waals surface area (Å²) in [6, 6.07) is 20.5. The van der Waals surface area contributed by atoms with Gasteiger partial charge in [-0.2, -0.15) is 5.10 Å². The Morgan fingerprint density at radius 3 is 2.38 bits per heavy atom. The molecule has 7 nitrogen and oxygen atoms in total. The summed E-state index contributed by atoms with van der Waals surface area (Å²) in [5, 5.41) is 6.66. The number of carbonyl (C=O) groups is 2. The Morgan fingerprint density at radius 2 is 1.74 bits per heavy atom. The molecule has 0 bridgehead atoms. The number of nitrogens with one attached hydrogen (secondary N) is 2. The highest BCUT2D eigenvalue weighted by atomic mass is 79.9. The smallest absolute Gasteiger partial charge is 0.252 e. The maximum absolute atomic E-state index is 12.3. The number of aryl methyl sites for hydroxylation is 1. The number of halogens is 1. The number of methoxy groups -OCH3 is 1. The van der Waals surface area contributed by atoms with Gasteiger partial charge in [-0.25, -0.2) is 5.43 Å². The molecule has 0 aromatic heterocycles. The molecular weight excluding hydrogens is 498 g/mol. The van der Waals surface area contributed by atoms with Crippen molar-refractivity contribution in [2.45, 2.75) is 20.5 Å². The molecule has 0 fully saturated rings. The van der Waals surface area contributed by atoms with Crippen LogP contribution in [0.1, 0.15) is 23.6 Å². The Kier molecular flexibility index (Phi) is 8.81. The van der Waals surface area contributed by atoms with E-state index in [1.165, 1.54) is 18.7 Å². The molecule has 0 spiro atoms. The molecular formula is C26H26BrN3O4. The first-order chi connectivity index (χ1) is 16.4. The molecule has 2 N–H and O–H groups in total. The lowest BCUT2D eigenvalue weighted by Gasteiger charge is -2.11. The van der Waals surface area contributed by atoms with E-state index in [1.807, 2.05) is 49.4 Å². The minimum atomic E-state index is -0.927. The first-order valence-electron chi connectivity index (χ1n) is 10.6. The highest BCUT2D eigenvalue weighted by Gasteiger charge is 2.21. The van der Waals surface area contributed by atoms with Gasteiger partial charge in [0.05, 0.1) is 17.8 Å². The molecule has 0 aliphatic heterocycles. The molecule has 8 heteroatoms. The van der Waals surface area contributed by atoms with Gasteiger partial charge in [0.2, 0.25) is 5.91 Å². The van der Waals surface area contributed by atoms with Crippen LogP contribution in [0.15, 0.2) is 76.3 Å². The zero-order valence-corrected chi connectivity index (χ0v) is 20.8. The summed E-state index contributed by atoms with van der Waals surface area (Å²) in [6.07, 6.45) is 1.50. The number of ether oxygens (including phenoxy) is 2. The number of hydrogen-bond acceptors (Lipinski definition) is 5. The summed E-state index contributed by atoms with van der Waals surface area (Å²) < 4.78 is 11.7. The molecule has 0 aliphatic rings. The van der Waals surface area contributed by atoms with Gasteiger partial charge >= 0.3 is 0 Å². The standard InChI is InChI=1S/C26H26BrN3O4/c1-17-4-6-19(7-5-17)16-34-24-13-8-20(14-23(24)27)15-28-30-26(32)18(2)25(31)29-21-9-11-22(33-3)12-10-21/h4-15,18H,16H2,1-3H3,(H,29,31)(H,30,32). The van der Waals surface area contributed by atoms with Crippen molar-refractivity contribution in [3.05, 3.63) is 87.9 Å². The quantitative estimate of drug-likeness (QED) is 0.233. The number of amides is 2. The van der Waals surface area contributed by atoms with Gasteiger partial charge in [0.1, 0.15) is 24.0 Å². The van der Waals surface area contributed by atoms with Gasteiger partial charge in [0, 0.05) is 5.69 Å². The van der Waals surface area contributed by atoms with E-state index in [9.17, 15) is 9.59 Å². The number of hydrogen-bond donors (Lipinski definition) is 2. The Labute approximate surface area is 207 Å². The van der Waals surface area contributed by atoms with Gasteiger partial charge in [0.25, 0.3) is 5.91 Å². The Bertz CT molecular complexity index is 1160. The third-order valence-electron chi connectivity index (χ3n) is 5.00. The molecule has 3 rings (SSSR count). The highest BCUT2D eigenvalue weighted by Crippen LogP contribution is 2.26. The van der Waals surface area contributed by atoms with Gasteiger partial charge < -0.3 is 14.8 Å². The van der Waals surface area contributed by atoms with Crippen LogP contribution in [0.25, 0.3) is 0 Å². The zero-order chi connectivity index (χ0) is 24.5. The maximum atomic E-state index is 12.3. The van der Waals surface area contributed by atoms with Crippen LogP contribution >= 0.6 is 15.9 Å². The van der Waals surface area contributed by atoms with Crippen molar-refractivity contribution < 1.29 is 19.1 Å². The van der Waals surface area contributed by atoms with Gasteiger partial charge in [0.15, 0.2) is 0 Å².